The van der Waals surface area contributed by atoms with Crippen LogP contribution < -0.4 is 10.5 Å². The molecular weight excluding hydrogens is 310 g/mol. The lowest BCUT2D eigenvalue weighted by atomic mass is 10.2. The highest BCUT2D eigenvalue weighted by Gasteiger charge is 2.19. The summed E-state index contributed by atoms with van der Waals surface area (Å²) in [4.78, 5) is 3.95. The second-order valence-electron chi connectivity index (χ2n) is 4.77. The minimum Gasteiger partial charge on any atom is -0.398 e. The lowest BCUT2D eigenvalue weighted by Crippen LogP contribution is -2.24. The van der Waals surface area contributed by atoms with Crippen LogP contribution in [0.1, 0.15) is 16.7 Å². The molecule has 0 spiro atoms. The molecule has 21 heavy (non-hydrogen) atoms. The van der Waals surface area contributed by atoms with Crippen molar-refractivity contribution in [3.05, 3.63) is 52.3 Å². The number of hydrogen-bond acceptors (Lipinski definition) is 4. The molecule has 0 atom stereocenters. The van der Waals surface area contributed by atoms with E-state index in [1.165, 1.54) is 6.07 Å². The van der Waals surface area contributed by atoms with Gasteiger partial charge in [-0.05, 0) is 48.7 Å². The highest BCUT2D eigenvalue weighted by Crippen LogP contribution is 2.26. The van der Waals surface area contributed by atoms with E-state index in [1.807, 2.05) is 6.92 Å². The van der Waals surface area contributed by atoms with E-state index in [4.69, 9.17) is 17.3 Å². The Morgan fingerprint density at radius 2 is 2.00 bits per heavy atom. The molecule has 2 rings (SSSR count). The minimum absolute atomic E-state index is 0.0148. The van der Waals surface area contributed by atoms with Crippen LogP contribution in [0.3, 0.4) is 0 Å². The molecule has 1 aromatic carbocycles. The van der Waals surface area contributed by atoms with E-state index in [0.29, 0.717) is 5.69 Å². The van der Waals surface area contributed by atoms with Crippen LogP contribution in [0, 0.1) is 13.8 Å². The minimum atomic E-state index is -3.73. The van der Waals surface area contributed by atoms with Crippen molar-refractivity contribution in [2.75, 3.05) is 5.73 Å². The van der Waals surface area contributed by atoms with E-state index in [-0.39, 0.29) is 16.5 Å². The monoisotopic (exact) mass is 325 g/mol. The summed E-state index contributed by atoms with van der Waals surface area (Å²) in [5, 5.41) is 0.153. The first-order chi connectivity index (χ1) is 9.81. The molecular formula is C14H16ClN3O2S. The van der Waals surface area contributed by atoms with Gasteiger partial charge in [-0.3, -0.25) is 4.98 Å². The zero-order chi connectivity index (χ0) is 15.6. The number of benzene rings is 1. The van der Waals surface area contributed by atoms with Crippen LogP contribution in [0.15, 0.2) is 35.5 Å². The summed E-state index contributed by atoms with van der Waals surface area (Å²) in [6.45, 7) is 3.81. The summed E-state index contributed by atoms with van der Waals surface area (Å²) < 4.78 is 27.2. The number of halogens is 1. The molecule has 5 nitrogen and oxygen atoms in total. The number of aryl methyl sites for hydroxylation is 2. The van der Waals surface area contributed by atoms with Gasteiger partial charge in [0.25, 0.3) is 0 Å². The van der Waals surface area contributed by atoms with Gasteiger partial charge in [-0.15, -0.1) is 0 Å². The number of nitrogen functional groups attached to an aromatic ring is 1. The van der Waals surface area contributed by atoms with Crippen LogP contribution in [-0.2, 0) is 16.6 Å². The molecule has 1 aromatic heterocycles. The van der Waals surface area contributed by atoms with E-state index >= 15 is 0 Å². The van der Waals surface area contributed by atoms with E-state index in [0.717, 1.165) is 16.7 Å². The number of rotatable bonds is 4. The fraction of sp³-hybridized carbons (Fsp3) is 0.214. The Morgan fingerprint density at radius 3 is 2.67 bits per heavy atom. The molecule has 0 aliphatic rings. The first kappa shape index (κ1) is 15.8. The molecule has 0 aliphatic carbocycles. The maximum Gasteiger partial charge on any atom is 0.242 e. The van der Waals surface area contributed by atoms with Gasteiger partial charge in [-0.2, -0.15) is 0 Å². The Labute approximate surface area is 129 Å². The van der Waals surface area contributed by atoms with Gasteiger partial charge in [-0.1, -0.05) is 11.6 Å². The summed E-state index contributed by atoms with van der Waals surface area (Å²) in [7, 11) is -3.73. The molecule has 3 N–H and O–H groups in total. The zero-order valence-corrected chi connectivity index (χ0v) is 13.3. The predicted molar refractivity (Wildman–Crippen MR) is 83.6 cm³/mol. The van der Waals surface area contributed by atoms with Crippen molar-refractivity contribution in [3.63, 3.8) is 0 Å². The van der Waals surface area contributed by atoms with Gasteiger partial charge in [0, 0.05) is 24.6 Å². The van der Waals surface area contributed by atoms with Crippen molar-refractivity contribution >= 4 is 27.3 Å². The Bertz CT molecular complexity index is 776. The highest BCUT2D eigenvalue weighted by molar-refractivity contribution is 7.89. The summed E-state index contributed by atoms with van der Waals surface area (Å²) in [5.41, 5.74) is 8.65. The van der Waals surface area contributed by atoms with E-state index in [1.54, 1.807) is 31.5 Å². The van der Waals surface area contributed by atoms with Gasteiger partial charge in [0.1, 0.15) is 4.90 Å². The molecule has 0 saturated heterocycles. The third-order valence-electron chi connectivity index (χ3n) is 3.20. The van der Waals surface area contributed by atoms with Crippen LogP contribution in [-0.4, -0.2) is 13.4 Å². The number of pyridine rings is 1. The van der Waals surface area contributed by atoms with E-state index < -0.39 is 10.0 Å². The molecule has 0 unspecified atom stereocenters. The van der Waals surface area contributed by atoms with Gasteiger partial charge in [0.2, 0.25) is 10.0 Å². The number of nitrogens with zero attached hydrogens (tertiary/aromatic N) is 1. The molecule has 0 bridgehead atoms. The normalized spacial score (nSPS) is 11.6. The van der Waals surface area contributed by atoms with Crippen molar-refractivity contribution < 1.29 is 8.42 Å². The Balaban J connectivity index is 2.27. The van der Waals surface area contributed by atoms with Gasteiger partial charge in [-0.25, -0.2) is 13.1 Å². The first-order valence-corrected chi connectivity index (χ1v) is 8.12. The quantitative estimate of drug-likeness (QED) is 0.845. The van der Waals surface area contributed by atoms with Crippen LogP contribution in [0.5, 0.6) is 0 Å². The number of nitrogens with one attached hydrogen (secondary N) is 1. The van der Waals surface area contributed by atoms with Crippen LogP contribution in [0.25, 0.3) is 0 Å². The summed E-state index contributed by atoms with van der Waals surface area (Å²) in [6.07, 6.45) is 3.30. The summed E-state index contributed by atoms with van der Waals surface area (Å²) in [6, 6.07) is 4.69. The second-order valence-corrected chi connectivity index (χ2v) is 6.91. The molecule has 0 radical (unpaired) electrons. The Kier molecular flexibility index (Phi) is 4.51. The van der Waals surface area contributed by atoms with Gasteiger partial charge < -0.3 is 5.73 Å². The van der Waals surface area contributed by atoms with Crippen molar-refractivity contribution in [2.45, 2.75) is 25.3 Å². The molecule has 1 heterocycles. The number of nitrogens with two attached hydrogens (primary N) is 1. The Hall–Kier alpha value is -1.63. The number of anilines is 1. The molecule has 0 fully saturated rings. The summed E-state index contributed by atoms with van der Waals surface area (Å²) in [5.74, 6) is 0. The number of hydrogen-bond donors (Lipinski definition) is 2. The molecule has 7 heteroatoms. The third kappa shape index (κ3) is 3.53. The third-order valence-corrected chi connectivity index (χ3v) is 5.07. The van der Waals surface area contributed by atoms with Crippen molar-refractivity contribution in [2.24, 2.45) is 0 Å². The van der Waals surface area contributed by atoms with Gasteiger partial charge >= 0.3 is 0 Å². The molecule has 0 saturated carbocycles. The highest BCUT2D eigenvalue weighted by atomic mass is 35.5. The Morgan fingerprint density at radius 1 is 1.29 bits per heavy atom. The standard InChI is InChI=1S/C14H16ClN3O2S/c1-9-5-12(15)14(6-13(9)16)21(19,20)18-8-11-3-4-17-7-10(11)2/h3-7,18H,8,16H2,1-2H3. The second kappa shape index (κ2) is 6.01. The van der Waals surface area contributed by atoms with Crippen molar-refractivity contribution in [3.8, 4) is 0 Å². The van der Waals surface area contributed by atoms with E-state index in [2.05, 4.69) is 9.71 Å². The topological polar surface area (TPSA) is 85.1 Å². The number of aromatic nitrogens is 1. The lowest BCUT2D eigenvalue weighted by molar-refractivity contribution is 0.581. The van der Waals surface area contributed by atoms with Gasteiger partial charge in [0.15, 0.2) is 0 Å². The van der Waals surface area contributed by atoms with Crippen molar-refractivity contribution in [1.29, 1.82) is 0 Å². The zero-order valence-electron chi connectivity index (χ0n) is 11.7. The number of sulfonamides is 1. The predicted octanol–water partition coefficient (Wildman–Crippen LogP) is 2.41. The van der Waals surface area contributed by atoms with Crippen molar-refractivity contribution in [1.82, 2.24) is 9.71 Å². The maximum absolute atomic E-state index is 12.3. The maximum atomic E-state index is 12.3. The smallest absolute Gasteiger partial charge is 0.242 e. The average Bonchev–Trinajstić information content (AvgIpc) is 2.42. The fourth-order valence-electron chi connectivity index (χ4n) is 1.83. The molecule has 112 valence electrons. The van der Waals surface area contributed by atoms with Crippen LogP contribution >= 0.6 is 11.6 Å². The molecule has 2 aromatic rings. The van der Waals surface area contributed by atoms with Crippen LogP contribution in [0.2, 0.25) is 5.02 Å². The van der Waals surface area contributed by atoms with Crippen LogP contribution in [0.4, 0.5) is 5.69 Å². The molecule has 0 aliphatic heterocycles. The fourth-order valence-corrected chi connectivity index (χ4v) is 3.45. The lowest BCUT2D eigenvalue weighted by Gasteiger charge is -2.11. The SMILES string of the molecule is Cc1cc(Cl)c(S(=O)(=O)NCc2ccncc2C)cc1N. The largest absolute Gasteiger partial charge is 0.398 e. The average molecular weight is 326 g/mol. The molecule has 0 amide bonds. The summed E-state index contributed by atoms with van der Waals surface area (Å²) >= 11 is 6.01. The first-order valence-electron chi connectivity index (χ1n) is 6.26. The van der Waals surface area contributed by atoms with Gasteiger partial charge in [0.05, 0.1) is 5.02 Å². The van der Waals surface area contributed by atoms with E-state index in [9.17, 15) is 8.42 Å².